The van der Waals surface area contributed by atoms with Crippen molar-refractivity contribution in [1.29, 1.82) is 0 Å². The molecule has 2 aliphatic heterocycles. The smallest absolute Gasteiger partial charge is 0.320 e. The average Bonchev–Trinajstić information content (AvgIpc) is 3.79. The third kappa shape index (κ3) is 7.90. The Morgan fingerprint density at radius 1 is 0.927 bits per heavy atom. The van der Waals surface area contributed by atoms with Crippen LogP contribution in [0.15, 0.2) is 66.9 Å². The van der Waals surface area contributed by atoms with E-state index in [0.717, 1.165) is 91.8 Å². The third-order valence-electron chi connectivity index (χ3n) is 11.4. The van der Waals surface area contributed by atoms with Crippen molar-refractivity contribution in [1.82, 2.24) is 39.5 Å². The van der Waals surface area contributed by atoms with Crippen molar-refractivity contribution in [2.45, 2.75) is 89.9 Å². The number of aromatic nitrogens is 5. The molecule has 2 saturated heterocycles. The molecule has 12 nitrogen and oxygen atoms in total. The molecule has 0 radical (unpaired) electrons. The minimum absolute atomic E-state index is 0.194. The van der Waals surface area contributed by atoms with E-state index in [4.69, 9.17) is 9.84 Å². The molecule has 1 aliphatic carbocycles. The van der Waals surface area contributed by atoms with Crippen LogP contribution in [0, 0.1) is 5.82 Å². The van der Waals surface area contributed by atoms with E-state index >= 15 is 4.39 Å². The number of benzene rings is 2. The van der Waals surface area contributed by atoms with Crippen molar-refractivity contribution in [2.75, 3.05) is 50.0 Å². The van der Waals surface area contributed by atoms with Crippen molar-refractivity contribution in [3.05, 3.63) is 95.1 Å². The highest BCUT2D eigenvalue weighted by molar-refractivity contribution is 5.89. The Balaban J connectivity index is 0.994. The number of amides is 2. The van der Waals surface area contributed by atoms with Crippen LogP contribution in [0.4, 0.5) is 21.0 Å². The summed E-state index contributed by atoms with van der Waals surface area (Å²) in [5, 5.41) is 20.0. The van der Waals surface area contributed by atoms with Gasteiger partial charge in [0.15, 0.2) is 5.65 Å². The van der Waals surface area contributed by atoms with Crippen molar-refractivity contribution in [3.63, 3.8) is 0 Å². The lowest BCUT2D eigenvalue weighted by Crippen LogP contribution is -2.43. The molecule has 0 saturated carbocycles. The molecule has 2 fully saturated rings. The molecular weight excluding hydrogens is 696 g/mol. The molecule has 13 heteroatoms. The van der Waals surface area contributed by atoms with Gasteiger partial charge in [-0.1, -0.05) is 51.1 Å². The zero-order chi connectivity index (χ0) is 38.3. The number of likely N-dealkylation sites (N-methyl/N-ethyl adjacent to an activating group) is 1. The summed E-state index contributed by atoms with van der Waals surface area (Å²) in [6, 6.07) is 18.8. The molecule has 3 aliphatic rings. The van der Waals surface area contributed by atoms with Gasteiger partial charge >= 0.3 is 6.03 Å². The van der Waals surface area contributed by atoms with E-state index in [1.807, 2.05) is 53.1 Å². The van der Waals surface area contributed by atoms with Crippen LogP contribution >= 0.6 is 0 Å². The Labute approximate surface area is 322 Å². The molecule has 3 atom stereocenters. The van der Waals surface area contributed by atoms with Crippen molar-refractivity contribution >= 4 is 23.4 Å². The molecule has 1 unspecified atom stereocenters. The number of nitrogens with one attached hydrogen (secondary N) is 2. The number of rotatable bonds is 8. The van der Waals surface area contributed by atoms with E-state index < -0.39 is 5.82 Å². The van der Waals surface area contributed by atoms with Crippen LogP contribution in [0.1, 0.15) is 94.3 Å². The number of anilines is 2. The van der Waals surface area contributed by atoms with Gasteiger partial charge in [-0.05, 0) is 87.0 Å². The van der Waals surface area contributed by atoms with Crippen LogP contribution in [0.3, 0.4) is 0 Å². The molecule has 2 N–H and O–H groups in total. The van der Waals surface area contributed by atoms with E-state index in [0.29, 0.717) is 30.4 Å². The monoisotopic (exact) mass is 748 g/mol. The summed E-state index contributed by atoms with van der Waals surface area (Å²) in [6.45, 7) is 14.0. The first-order valence-corrected chi connectivity index (χ1v) is 19.7. The number of piperidine rings is 1. The van der Waals surface area contributed by atoms with E-state index in [1.165, 1.54) is 17.2 Å². The summed E-state index contributed by atoms with van der Waals surface area (Å²) in [6.07, 6.45) is 6.70. The number of pyridine rings is 1. The number of ether oxygens (including phenoxy) is 1. The Hall–Kier alpha value is -5.01. The SMILES string of the molecule is CC1CCCCN1c1nnc2ccc(O[C@@H]3CC[C@H](NC(=O)Nc4cc(C(C)(C)C)nn4-c4cc(CN5CCN(C)CC5)ccc4F)c4ccccc43)cn12. The fraction of sp³-hybridized carbons (Fsp3) is 0.476. The number of fused-ring (bicyclic) bond motifs is 2. The normalized spacial score (nSPS) is 21.1. The van der Waals surface area contributed by atoms with Crippen LogP contribution in [0.25, 0.3) is 11.3 Å². The largest absolute Gasteiger partial charge is 0.484 e. The summed E-state index contributed by atoms with van der Waals surface area (Å²) in [5.41, 5.74) is 4.56. The van der Waals surface area contributed by atoms with Crippen LogP contribution in [0.2, 0.25) is 0 Å². The number of hydrogen-bond acceptors (Lipinski definition) is 8. The predicted octanol–water partition coefficient (Wildman–Crippen LogP) is 7.25. The van der Waals surface area contributed by atoms with Gasteiger partial charge < -0.3 is 19.9 Å². The second-order valence-corrected chi connectivity index (χ2v) is 16.5. The maximum Gasteiger partial charge on any atom is 0.320 e. The zero-order valence-corrected chi connectivity index (χ0v) is 32.6. The molecule has 3 aromatic heterocycles. The Morgan fingerprint density at radius 2 is 1.73 bits per heavy atom. The fourth-order valence-corrected chi connectivity index (χ4v) is 8.12. The molecule has 5 heterocycles. The standard InChI is InChI=1S/C42H53FN10O2/c1-28-10-8-9-19-51(28)41-47-46-38-18-14-30(27-52(38)41)55-36-17-16-34(31-11-6-7-12-32(31)36)44-40(54)45-39-25-37(42(2,3)4)48-53(39)35-24-29(13-15-33(35)43)26-50-22-20-49(5)21-23-50/h6-7,11-15,18,24-25,27-28,34,36H,8-10,16-17,19-23,26H2,1-5H3,(H2,44,45,54)/t28?,34-,36+/m0/s1. The van der Waals surface area contributed by atoms with E-state index in [9.17, 15) is 4.79 Å². The highest BCUT2D eigenvalue weighted by Crippen LogP contribution is 2.39. The van der Waals surface area contributed by atoms with Crippen LogP contribution in [-0.2, 0) is 12.0 Å². The topological polar surface area (TPSA) is 108 Å². The number of carbonyl (C=O) groups is 1. The van der Waals surface area contributed by atoms with E-state index in [2.05, 4.69) is 82.4 Å². The maximum atomic E-state index is 15.6. The zero-order valence-electron chi connectivity index (χ0n) is 32.6. The minimum Gasteiger partial charge on any atom is -0.484 e. The van der Waals surface area contributed by atoms with E-state index in [-0.39, 0.29) is 23.6 Å². The van der Waals surface area contributed by atoms with Gasteiger partial charge in [-0.25, -0.2) is 13.9 Å². The van der Waals surface area contributed by atoms with Crippen molar-refractivity contribution < 1.29 is 13.9 Å². The highest BCUT2D eigenvalue weighted by Gasteiger charge is 2.31. The number of hydrogen-bond donors (Lipinski definition) is 2. The first-order valence-electron chi connectivity index (χ1n) is 19.7. The summed E-state index contributed by atoms with van der Waals surface area (Å²) < 4.78 is 25.8. The molecule has 0 spiro atoms. The summed E-state index contributed by atoms with van der Waals surface area (Å²) in [5.74, 6) is 1.60. The van der Waals surface area contributed by atoms with Crippen LogP contribution in [0.5, 0.6) is 5.75 Å². The number of halogens is 1. The highest BCUT2D eigenvalue weighted by atomic mass is 19.1. The number of urea groups is 1. The third-order valence-corrected chi connectivity index (χ3v) is 11.4. The fourth-order valence-electron chi connectivity index (χ4n) is 8.12. The summed E-state index contributed by atoms with van der Waals surface area (Å²) in [7, 11) is 2.13. The maximum absolute atomic E-state index is 15.6. The van der Waals surface area contributed by atoms with Gasteiger partial charge in [0.05, 0.1) is 17.9 Å². The van der Waals surface area contributed by atoms with Crippen LogP contribution in [-0.4, -0.2) is 86.0 Å². The lowest BCUT2D eigenvalue weighted by atomic mass is 9.85. The quantitative estimate of drug-likeness (QED) is 0.171. The van der Waals surface area contributed by atoms with Crippen molar-refractivity contribution in [3.8, 4) is 11.4 Å². The van der Waals surface area contributed by atoms with Gasteiger partial charge in [0.25, 0.3) is 0 Å². The number of nitrogens with zero attached hydrogens (tertiary/aromatic N) is 8. The van der Waals surface area contributed by atoms with Gasteiger partial charge in [0, 0.05) is 56.8 Å². The lowest BCUT2D eigenvalue weighted by Gasteiger charge is -2.33. The second kappa shape index (κ2) is 15.3. The first-order chi connectivity index (χ1) is 26.5. The Bertz CT molecular complexity index is 2150. The molecule has 8 rings (SSSR count). The number of piperazine rings is 1. The van der Waals surface area contributed by atoms with Gasteiger partial charge in [0.2, 0.25) is 5.95 Å². The second-order valence-electron chi connectivity index (χ2n) is 16.5. The average molecular weight is 749 g/mol. The van der Waals surface area contributed by atoms with Gasteiger partial charge in [-0.2, -0.15) is 5.10 Å². The minimum atomic E-state index is -0.401. The molecule has 2 aromatic carbocycles. The summed E-state index contributed by atoms with van der Waals surface area (Å²) in [4.78, 5) is 20.9. The molecule has 5 aromatic rings. The Morgan fingerprint density at radius 3 is 2.51 bits per heavy atom. The summed E-state index contributed by atoms with van der Waals surface area (Å²) >= 11 is 0. The Kier molecular flexibility index (Phi) is 10.2. The molecule has 2 amide bonds. The van der Waals surface area contributed by atoms with Gasteiger partial charge in [-0.3, -0.25) is 14.6 Å². The first kappa shape index (κ1) is 36.9. The van der Waals surface area contributed by atoms with Gasteiger partial charge in [-0.15, -0.1) is 10.2 Å². The lowest BCUT2D eigenvalue weighted by molar-refractivity contribution is 0.148. The predicted molar refractivity (Wildman–Crippen MR) is 213 cm³/mol. The van der Waals surface area contributed by atoms with Crippen molar-refractivity contribution in [2.24, 2.45) is 0 Å². The van der Waals surface area contributed by atoms with E-state index in [1.54, 1.807) is 0 Å². The van der Waals surface area contributed by atoms with Gasteiger partial charge in [0.1, 0.15) is 29.2 Å². The molecule has 0 bridgehead atoms. The molecular formula is C42H53FN10O2. The van der Waals surface area contributed by atoms with Crippen LogP contribution < -0.4 is 20.3 Å². The molecule has 290 valence electrons. The number of carbonyl (C=O) groups excluding carboxylic acids is 1. The molecule has 55 heavy (non-hydrogen) atoms.